The van der Waals surface area contributed by atoms with E-state index >= 15 is 0 Å². The molecule has 1 aliphatic rings. The van der Waals surface area contributed by atoms with Gasteiger partial charge in [-0.2, -0.15) is 0 Å². The van der Waals surface area contributed by atoms with Crippen LogP contribution in [-0.4, -0.2) is 67.5 Å². The summed E-state index contributed by atoms with van der Waals surface area (Å²) in [4.78, 5) is 30.5. The van der Waals surface area contributed by atoms with Crippen molar-refractivity contribution >= 4 is 22.7 Å². The lowest BCUT2D eigenvalue weighted by Gasteiger charge is -2.27. The number of nitrogens with zero attached hydrogens (tertiary/aromatic N) is 2. The van der Waals surface area contributed by atoms with Crippen LogP contribution < -0.4 is 9.47 Å². The van der Waals surface area contributed by atoms with Crippen LogP contribution in [0, 0.1) is 0 Å². The molecule has 1 amide bonds. The molecular weight excluding hydrogens is 472 g/mol. The lowest BCUT2D eigenvalue weighted by molar-refractivity contribution is -0.129. The highest BCUT2D eigenvalue weighted by molar-refractivity contribution is 6.16. The number of para-hydroxylation sites is 1. The average Bonchev–Trinajstić information content (AvgIpc) is 3.43. The molecule has 0 saturated heterocycles. The first-order valence-electron chi connectivity index (χ1n) is 12.6. The van der Waals surface area contributed by atoms with Gasteiger partial charge in [0, 0.05) is 11.9 Å². The van der Waals surface area contributed by atoms with Gasteiger partial charge in [-0.25, -0.2) is 0 Å². The monoisotopic (exact) mass is 506 g/mol. The molecule has 0 fully saturated rings. The summed E-state index contributed by atoms with van der Waals surface area (Å²) in [5, 5.41) is 11.7. The van der Waals surface area contributed by atoms with Gasteiger partial charge in [0.2, 0.25) is 5.78 Å². The second-order valence-electron chi connectivity index (χ2n) is 9.41. The quantitative estimate of drug-likeness (QED) is 0.268. The van der Waals surface area contributed by atoms with Crippen LogP contribution in [0.4, 0.5) is 0 Å². The van der Waals surface area contributed by atoms with Gasteiger partial charge in [0.1, 0.15) is 5.58 Å². The van der Waals surface area contributed by atoms with Crippen molar-refractivity contribution in [2.45, 2.75) is 32.2 Å². The minimum absolute atomic E-state index is 0.00406. The molecule has 0 spiro atoms. The maximum absolute atomic E-state index is 13.7. The largest absolute Gasteiger partial charge is 0.503 e. The van der Waals surface area contributed by atoms with Crippen LogP contribution in [0.5, 0.6) is 11.5 Å². The van der Waals surface area contributed by atoms with Crippen LogP contribution in [0.2, 0.25) is 0 Å². The zero-order valence-corrected chi connectivity index (χ0v) is 21.8. The van der Waals surface area contributed by atoms with E-state index in [9.17, 15) is 14.7 Å². The first-order chi connectivity index (χ1) is 17.8. The van der Waals surface area contributed by atoms with Crippen molar-refractivity contribution in [3.8, 4) is 11.5 Å². The summed E-state index contributed by atoms with van der Waals surface area (Å²) < 4.78 is 17.3. The summed E-state index contributed by atoms with van der Waals surface area (Å²) in [5.41, 5.74) is 1.20. The minimum atomic E-state index is -0.797. The molecule has 3 aromatic rings. The number of Topliss-reactive ketones (excluding diaryl/α,β-unsaturated/α-hetero) is 1. The lowest BCUT2D eigenvalue weighted by atomic mass is 9.94. The van der Waals surface area contributed by atoms with Gasteiger partial charge in [0.25, 0.3) is 5.91 Å². The van der Waals surface area contributed by atoms with Crippen molar-refractivity contribution < 1.29 is 28.6 Å². The van der Waals surface area contributed by atoms with Crippen LogP contribution in [-0.2, 0) is 4.79 Å². The third-order valence-electron chi connectivity index (χ3n) is 6.46. The lowest BCUT2D eigenvalue weighted by Crippen LogP contribution is -2.33. The SMILES string of the molecule is CCCCOc1ccc(C2C(C(=O)c3cc4ccccc4o3)=C(O)C(=O)N2CCCN(C)C)cc1OC. The maximum Gasteiger partial charge on any atom is 0.290 e. The van der Waals surface area contributed by atoms with Gasteiger partial charge in [-0.1, -0.05) is 37.6 Å². The molecule has 2 aromatic carbocycles. The zero-order valence-electron chi connectivity index (χ0n) is 21.8. The van der Waals surface area contributed by atoms with E-state index in [1.807, 2.05) is 43.3 Å². The van der Waals surface area contributed by atoms with E-state index in [2.05, 4.69) is 6.92 Å². The van der Waals surface area contributed by atoms with E-state index in [1.54, 1.807) is 36.3 Å². The number of ether oxygens (including phenoxy) is 2. The van der Waals surface area contributed by atoms with Gasteiger partial charge in [0.15, 0.2) is 23.0 Å². The van der Waals surface area contributed by atoms with E-state index < -0.39 is 23.5 Å². The van der Waals surface area contributed by atoms with Crippen molar-refractivity contribution in [2.24, 2.45) is 0 Å². The van der Waals surface area contributed by atoms with E-state index in [0.717, 1.165) is 24.8 Å². The number of ketones is 1. The summed E-state index contributed by atoms with van der Waals surface area (Å²) in [6.07, 6.45) is 2.59. The predicted octanol–water partition coefficient (Wildman–Crippen LogP) is 5.15. The number of carbonyl (C=O) groups is 2. The molecule has 0 bridgehead atoms. The Balaban J connectivity index is 1.74. The van der Waals surface area contributed by atoms with Gasteiger partial charge in [-0.05, 0) is 63.3 Å². The smallest absolute Gasteiger partial charge is 0.290 e. The number of furan rings is 1. The number of methoxy groups -OCH3 is 1. The standard InChI is InChI=1S/C29H34N2O6/c1-5-6-16-36-22-13-12-20(18-23(22)35-4)26-25(28(33)29(34)31(26)15-9-14-30(2)3)27(32)24-17-19-10-7-8-11-21(19)37-24/h7-8,10-13,17-18,26,33H,5-6,9,14-16H2,1-4H3. The summed E-state index contributed by atoms with van der Waals surface area (Å²) >= 11 is 0. The summed E-state index contributed by atoms with van der Waals surface area (Å²) in [6.45, 7) is 3.75. The molecule has 0 aliphatic carbocycles. The second-order valence-corrected chi connectivity index (χ2v) is 9.41. The van der Waals surface area contributed by atoms with E-state index in [0.29, 0.717) is 42.2 Å². The van der Waals surface area contributed by atoms with Crippen LogP contribution in [0.15, 0.2) is 64.3 Å². The summed E-state index contributed by atoms with van der Waals surface area (Å²) in [6, 6.07) is 13.5. The normalized spacial score (nSPS) is 15.8. The molecule has 1 unspecified atom stereocenters. The Morgan fingerprint density at radius 2 is 1.89 bits per heavy atom. The van der Waals surface area contributed by atoms with Crippen molar-refractivity contribution in [1.82, 2.24) is 9.80 Å². The summed E-state index contributed by atoms with van der Waals surface area (Å²) in [5.74, 6) is -0.502. The average molecular weight is 507 g/mol. The number of rotatable bonds is 12. The second kappa shape index (κ2) is 11.5. The number of hydrogen-bond acceptors (Lipinski definition) is 7. The fourth-order valence-corrected chi connectivity index (χ4v) is 4.55. The van der Waals surface area contributed by atoms with Gasteiger partial charge in [0.05, 0.1) is 25.3 Å². The topological polar surface area (TPSA) is 92.5 Å². The third kappa shape index (κ3) is 5.49. The maximum atomic E-state index is 13.7. The number of aliphatic hydroxyl groups excluding tert-OH is 1. The molecule has 1 atom stereocenters. The molecule has 4 rings (SSSR count). The van der Waals surface area contributed by atoms with Crippen LogP contribution >= 0.6 is 0 Å². The minimum Gasteiger partial charge on any atom is -0.503 e. The molecule has 0 saturated carbocycles. The molecular formula is C29H34N2O6. The van der Waals surface area contributed by atoms with Crippen LogP contribution in [0.3, 0.4) is 0 Å². The molecule has 8 heteroatoms. The van der Waals surface area contributed by atoms with Crippen LogP contribution in [0.25, 0.3) is 11.0 Å². The Labute approximate surface area is 217 Å². The molecule has 1 aromatic heterocycles. The highest BCUT2D eigenvalue weighted by Crippen LogP contribution is 2.42. The van der Waals surface area contributed by atoms with Crippen LogP contribution in [0.1, 0.15) is 48.3 Å². The number of fused-ring (bicyclic) bond motifs is 1. The molecule has 0 radical (unpaired) electrons. The van der Waals surface area contributed by atoms with E-state index in [-0.39, 0.29) is 11.3 Å². The molecule has 2 heterocycles. The van der Waals surface area contributed by atoms with Gasteiger partial charge < -0.3 is 28.8 Å². The zero-order chi connectivity index (χ0) is 26.5. The van der Waals surface area contributed by atoms with Crippen molar-refractivity contribution in [3.05, 3.63) is 71.2 Å². The van der Waals surface area contributed by atoms with Gasteiger partial charge in [-0.3, -0.25) is 9.59 Å². The Bertz CT molecular complexity index is 1280. The number of unbranched alkanes of at least 4 members (excludes halogenated alkanes) is 1. The molecule has 1 N–H and O–H groups in total. The Kier molecular flexibility index (Phi) is 8.18. The highest BCUT2D eigenvalue weighted by atomic mass is 16.5. The number of amides is 1. The molecule has 37 heavy (non-hydrogen) atoms. The first-order valence-corrected chi connectivity index (χ1v) is 12.6. The van der Waals surface area contributed by atoms with Crippen molar-refractivity contribution in [2.75, 3.05) is 40.9 Å². The molecule has 8 nitrogen and oxygen atoms in total. The van der Waals surface area contributed by atoms with Gasteiger partial charge in [-0.15, -0.1) is 0 Å². The van der Waals surface area contributed by atoms with Crippen molar-refractivity contribution in [1.29, 1.82) is 0 Å². The highest BCUT2D eigenvalue weighted by Gasteiger charge is 2.44. The van der Waals surface area contributed by atoms with Gasteiger partial charge >= 0.3 is 0 Å². The predicted molar refractivity (Wildman–Crippen MR) is 141 cm³/mol. The fraction of sp³-hybridized carbons (Fsp3) is 0.379. The Morgan fingerprint density at radius 3 is 2.59 bits per heavy atom. The third-order valence-corrected chi connectivity index (χ3v) is 6.46. The Hall–Kier alpha value is -3.78. The fourth-order valence-electron chi connectivity index (χ4n) is 4.55. The summed E-state index contributed by atoms with van der Waals surface area (Å²) in [7, 11) is 5.46. The number of aliphatic hydroxyl groups is 1. The number of benzene rings is 2. The first kappa shape index (κ1) is 26.3. The molecule has 196 valence electrons. The molecule has 1 aliphatic heterocycles. The number of hydrogen-bond donors (Lipinski definition) is 1. The van der Waals surface area contributed by atoms with E-state index in [4.69, 9.17) is 13.9 Å². The van der Waals surface area contributed by atoms with E-state index in [1.165, 1.54) is 0 Å². The van der Waals surface area contributed by atoms with Crippen molar-refractivity contribution in [3.63, 3.8) is 0 Å². The number of carbonyl (C=O) groups excluding carboxylic acids is 2. The Morgan fingerprint density at radius 1 is 1.11 bits per heavy atom.